The summed E-state index contributed by atoms with van der Waals surface area (Å²) < 4.78 is 10.9. The van der Waals surface area contributed by atoms with E-state index in [4.69, 9.17) is 14.3 Å². The summed E-state index contributed by atoms with van der Waals surface area (Å²) in [6.07, 6.45) is 2.49. The van der Waals surface area contributed by atoms with Gasteiger partial charge in [0.15, 0.2) is 0 Å². The molecule has 4 nitrogen and oxygen atoms in total. The minimum atomic E-state index is 0.132. The third-order valence-corrected chi connectivity index (χ3v) is 4.48. The molecule has 1 aliphatic rings. The number of hydrogen-bond donors (Lipinski definition) is 0. The molecule has 0 saturated carbocycles. The van der Waals surface area contributed by atoms with Crippen molar-refractivity contribution in [1.29, 1.82) is 0 Å². The Labute approximate surface area is 147 Å². The Bertz CT molecular complexity index is 883. The van der Waals surface area contributed by atoms with Crippen LogP contribution in [0, 0.1) is 6.92 Å². The first-order valence-electron chi connectivity index (χ1n) is 8.36. The van der Waals surface area contributed by atoms with Crippen molar-refractivity contribution in [2.45, 2.75) is 19.4 Å². The van der Waals surface area contributed by atoms with Crippen molar-refractivity contribution in [2.24, 2.45) is 5.10 Å². The average molecular weight is 332 g/mol. The molecule has 1 atom stereocenters. The van der Waals surface area contributed by atoms with Crippen molar-refractivity contribution in [1.82, 2.24) is 0 Å². The second kappa shape index (κ2) is 6.48. The van der Waals surface area contributed by atoms with Gasteiger partial charge in [-0.1, -0.05) is 24.3 Å². The van der Waals surface area contributed by atoms with Gasteiger partial charge in [0.25, 0.3) is 0 Å². The highest BCUT2D eigenvalue weighted by Gasteiger charge is 2.31. The first-order valence-corrected chi connectivity index (χ1v) is 8.36. The highest BCUT2D eigenvalue weighted by Crippen LogP contribution is 2.37. The Kier molecular flexibility index (Phi) is 4.02. The summed E-state index contributed by atoms with van der Waals surface area (Å²) in [6, 6.07) is 20.6. The van der Waals surface area contributed by atoms with Crippen molar-refractivity contribution in [3.05, 3.63) is 83.8 Å². The third-order valence-electron chi connectivity index (χ3n) is 4.48. The lowest BCUT2D eigenvalue weighted by Gasteiger charge is -2.24. The molecule has 4 rings (SSSR count). The first-order chi connectivity index (χ1) is 12.2. The largest absolute Gasteiger partial charge is 0.497 e. The van der Waals surface area contributed by atoms with Crippen molar-refractivity contribution in [3.8, 4) is 5.75 Å². The monoisotopic (exact) mass is 332 g/mol. The van der Waals surface area contributed by atoms with Crippen LogP contribution in [0.25, 0.3) is 0 Å². The van der Waals surface area contributed by atoms with E-state index in [1.807, 2.05) is 24.3 Å². The van der Waals surface area contributed by atoms with Crippen LogP contribution in [0.4, 0.5) is 5.69 Å². The zero-order valence-electron chi connectivity index (χ0n) is 14.3. The molecule has 25 heavy (non-hydrogen) atoms. The zero-order chi connectivity index (χ0) is 17.2. The number of benzene rings is 2. The van der Waals surface area contributed by atoms with E-state index in [9.17, 15) is 0 Å². The number of hydrogen-bond acceptors (Lipinski definition) is 4. The van der Waals surface area contributed by atoms with Crippen LogP contribution >= 0.6 is 0 Å². The van der Waals surface area contributed by atoms with E-state index in [1.165, 1.54) is 11.1 Å². The summed E-state index contributed by atoms with van der Waals surface area (Å²) >= 11 is 0. The van der Waals surface area contributed by atoms with E-state index in [2.05, 4.69) is 48.3 Å². The predicted octanol–water partition coefficient (Wildman–Crippen LogP) is 4.95. The van der Waals surface area contributed by atoms with Crippen LogP contribution in [0.5, 0.6) is 5.75 Å². The molecule has 0 N–H and O–H groups in total. The number of hydrazone groups is 1. The quantitative estimate of drug-likeness (QED) is 0.678. The molecular formula is C21H20N2O2. The molecule has 0 saturated heterocycles. The molecule has 3 aromatic rings. The fourth-order valence-electron chi connectivity index (χ4n) is 3.20. The molecule has 0 spiro atoms. The fraction of sp³-hybridized carbons (Fsp3) is 0.190. The Morgan fingerprint density at radius 3 is 2.60 bits per heavy atom. The van der Waals surface area contributed by atoms with E-state index in [1.54, 1.807) is 13.4 Å². The van der Waals surface area contributed by atoms with Crippen LogP contribution in [-0.2, 0) is 0 Å². The molecule has 0 amide bonds. The Morgan fingerprint density at radius 2 is 1.92 bits per heavy atom. The average Bonchev–Trinajstić information content (AvgIpc) is 3.31. The molecule has 126 valence electrons. The van der Waals surface area contributed by atoms with Crippen LogP contribution in [0.1, 0.15) is 29.3 Å². The second-order valence-electron chi connectivity index (χ2n) is 6.20. The fourth-order valence-corrected chi connectivity index (χ4v) is 3.20. The van der Waals surface area contributed by atoms with Gasteiger partial charge in [0.2, 0.25) is 0 Å². The van der Waals surface area contributed by atoms with E-state index in [-0.39, 0.29) is 6.04 Å². The molecule has 2 aromatic carbocycles. The molecule has 1 aromatic heterocycles. The third kappa shape index (κ3) is 3.03. The van der Waals surface area contributed by atoms with Crippen LogP contribution in [-0.4, -0.2) is 12.8 Å². The standard InChI is InChI=1S/C21H20N2O2/c1-15-5-3-6-17(13-15)23-20(16-8-10-18(24-2)11-9-16)14-19(22-23)21-7-4-12-25-21/h3-13,20H,14H2,1-2H3. The summed E-state index contributed by atoms with van der Waals surface area (Å²) in [5.74, 6) is 1.68. The maximum atomic E-state index is 5.57. The van der Waals surface area contributed by atoms with Gasteiger partial charge in [0.1, 0.15) is 17.2 Å². The normalized spacial score (nSPS) is 16.8. The number of methoxy groups -OCH3 is 1. The van der Waals surface area contributed by atoms with E-state index in [0.717, 1.165) is 29.3 Å². The van der Waals surface area contributed by atoms with Gasteiger partial charge in [0.05, 0.1) is 25.1 Å². The van der Waals surface area contributed by atoms with Gasteiger partial charge in [-0.15, -0.1) is 0 Å². The lowest BCUT2D eigenvalue weighted by molar-refractivity contribution is 0.414. The maximum Gasteiger partial charge on any atom is 0.149 e. The van der Waals surface area contributed by atoms with Crippen molar-refractivity contribution < 1.29 is 9.15 Å². The number of furan rings is 1. The number of aryl methyl sites for hydroxylation is 1. The summed E-state index contributed by atoms with van der Waals surface area (Å²) in [5, 5.41) is 6.96. The van der Waals surface area contributed by atoms with Gasteiger partial charge in [-0.2, -0.15) is 5.10 Å². The molecular weight excluding hydrogens is 312 g/mol. The van der Waals surface area contributed by atoms with Gasteiger partial charge in [-0.3, -0.25) is 5.01 Å². The number of anilines is 1. The zero-order valence-corrected chi connectivity index (χ0v) is 14.3. The van der Waals surface area contributed by atoms with Crippen molar-refractivity contribution in [3.63, 3.8) is 0 Å². The lowest BCUT2D eigenvalue weighted by atomic mass is 10.0. The molecule has 0 aliphatic carbocycles. The SMILES string of the molecule is COc1ccc(C2CC(c3ccco3)=NN2c2cccc(C)c2)cc1. The van der Waals surface area contributed by atoms with Crippen LogP contribution in [0.2, 0.25) is 0 Å². The van der Waals surface area contributed by atoms with Gasteiger partial charge in [-0.25, -0.2) is 0 Å². The summed E-state index contributed by atoms with van der Waals surface area (Å²) in [5.41, 5.74) is 4.47. The molecule has 0 bridgehead atoms. The molecule has 2 heterocycles. The number of ether oxygens (including phenoxy) is 1. The van der Waals surface area contributed by atoms with Crippen LogP contribution < -0.4 is 9.75 Å². The highest BCUT2D eigenvalue weighted by atomic mass is 16.5. The molecule has 4 heteroatoms. The van der Waals surface area contributed by atoms with E-state index < -0.39 is 0 Å². The van der Waals surface area contributed by atoms with Gasteiger partial charge in [-0.05, 0) is 54.4 Å². The van der Waals surface area contributed by atoms with E-state index in [0.29, 0.717) is 0 Å². The van der Waals surface area contributed by atoms with Crippen LogP contribution in [0.15, 0.2) is 76.4 Å². The molecule has 0 fully saturated rings. The maximum absolute atomic E-state index is 5.57. The lowest BCUT2D eigenvalue weighted by Crippen LogP contribution is -2.18. The number of nitrogens with zero attached hydrogens (tertiary/aromatic N) is 2. The second-order valence-corrected chi connectivity index (χ2v) is 6.20. The Hall–Kier alpha value is -3.01. The van der Waals surface area contributed by atoms with Crippen LogP contribution in [0.3, 0.4) is 0 Å². The Balaban J connectivity index is 1.73. The predicted molar refractivity (Wildman–Crippen MR) is 99.3 cm³/mol. The summed E-state index contributed by atoms with van der Waals surface area (Å²) in [6.45, 7) is 2.10. The van der Waals surface area contributed by atoms with Crippen molar-refractivity contribution in [2.75, 3.05) is 12.1 Å². The first kappa shape index (κ1) is 15.5. The topological polar surface area (TPSA) is 38.0 Å². The Morgan fingerprint density at radius 1 is 1.08 bits per heavy atom. The van der Waals surface area contributed by atoms with Gasteiger partial charge >= 0.3 is 0 Å². The smallest absolute Gasteiger partial charge is 0.149 e. The minimum absolute atomic E-state index is 0.132. The molecule has 0 radical (unpaired) electrons. The molecule has 1 unspecified atom stereocenters. The highest BCUT2D eigenvalue weighted by molar-refractivity contribution is 6.01. The number of rotatable bonds is 4. The molecule has 1 aliphatic heterocycles. The van der Waals surface area contributed by atoms with Crippen molar-refractivity contribution >= 4 is 11.4 Å². The van der Waals surface area contributed by atoms with Gasteiger partial charge < -0.3 is 9.15 Å². The van der Waals surface area contributed by atoms with E-state index >= 15 is 0 Å². The van der Waals surface area contributed by atoms with Gasteiger partial charge in [0, 0.05) is 6.42 Å². The summed E-state index contributed by atoms with van der Waals surface area (Å²) in [4.78, 5) is 0. The minimum Gasteiger partial charge on any atom is -0.497 e. The summed E-state index contributed by atoms with van der Waals surface area (Å²) in [7, 11) is 1.68.